The molecule has 31 heavy (non-hydrogen) atoms. The number of anilines is 1. The lowest BCUT2D eigenvalue weighted by Crippen LogP contribution is -2.41. The third-order valence-electron chi connectivity index (χ3n) is 5.89. The highest BCUT2D eigenvalue weighted by Gasteiger charge is 2.43. The first-order chi connectivity index (χ1) is 14.6. The third-order valence-corrected chi connectivity index (χ3v) is 6.71. The number of rotatable bonds is 7. The highest BCUT2D eigenvalue weighted by atomic mass is 35.5. The van der Waals surface area contributed by atoms with Gasteiger partial charge >= 0.3 is 0 Å². The Bertz CT molecular complexity index is 1180. The fourth-order valence-electron chi connectivity index (χ4n) is 4.24. The number of hydrogen-bond donors (Lipinski definition) is 4. The van der Waals surface area contributed by atoms with Gasteiger partial charge in [0.15, 0.2) is 0 Å². The second-order valence-corrected chi connectivity index (χ2v) is 10.0. The van der Waals surface area contributed by atoms with Crippen LogP contribution in [0.4, 0.5) is 5.82 Å². The Morgan fingerprint density at radius 2 is 2.03 bits per heavy atom. The highest BCUT2D eigenvalue weighted by molar-refractivity contribution is 7.87. The van der Waals surface area contributed by atoms with Crippen molar-refractivity contribution in [2.24, 2.45) is 11.1 Å². The smallest absolute Gasteiger partial charge is 0.274 e. The summed E-state index contributed by atoms with van der Waals surface area (Å²) in [5, 5.41) is 20.8. The minimum absolute atomic E-state index is 0.0289. The summed E-state index contributed by atoms with van der Waals surface area (Å²) in [4.78, 5) is 8.83. The van der Waals surface area contributed by atoms with Crippen molar-refractivity contribution < 1.29 is 13.5 Å². The molecule has 4 rings (SSSR count). The van der Waals surface area contributed by atoms with Gasteiger partial charge < -0.3 is 15.0 Å². The van der Waals surface area contributed by atoms with Crippen molar-refractivity contribution in [1.82, 2.24) is 19.3 Å². The van der Waals surface area contributed by atoms with E-state index in [2.05, 4.69) is 20.0 Å². The molecular formula is C20H25ClN6O3S. The molecule has 3 aromatic rings. The second kappa shape index (κ2) is 8.36. The maximum absolute atomic E-state index is 11.3. The molecule has 0 unspecified atom stereocenters. The molecule has 166 valence electrons. The normalized spacial score (nSPS) is 24.0. The van der Waals surface area contributed by atoms with Crippen molar-refractivity contribution in [3.63, 3.8) is 0 Å². The second-order valence-electron chi connectivity index (χ2n) is 8.20. The lowest BCUT2D eigenvalue weighted by Gasteiger charge is -2.24. The van der Waals surface area contributed by atoms with E-state index in [-0.39, 0.29) is 18.5 Å². The summed E-state index contributed by atoms with van der Waals surface area (Å²) < 4.78 is 26.8. The third kappa shape index (κ3) is 4.99. The number of aromatic nitrogens is 3. The molecule has 0 radical (unpaired) electrons. The Hall–Kier alpha value is -2.24. The van der Waals surface area contributed by atoms with Crippen LogP contribution in [-0.2, 0) is 16.8 Å². The molecule has 1 aliphatic carbocycles. The predicted octanol–water partition coefficient (Wildman–Crippen LogP) is 2.19. The van der Waals surface area contributed by atoms with Gasteiger partial charge in [-0.1, -0.05) is 23.7 Å². The van der Waals surface area contributed by atoms with E-state index in [1.165, 1.54) is 6.33 Å². The molecule has 0 bridgehead atoms. The van der Waals surface area contributed by atoms with E-state index in [0.717, 1.165) is 22.4 Å². The van der Waals surface area contributed by atoms with Crippen LogP contribution in [0.2, 0.25) is 5.02 Å². The van der Waals surface area contributed by atoms with Crippen molar-refractivity contribution >= 4 is 38.7 Å². The van der Waals surface area contributed by atoms with E-state index in [0.29, 0.717) is 24.4 Å². The Kier molecular flexibility index (Phi) is 5.93. The number of nitrogens with one attached hydrogen (secondary N) is 2. The van der Waals surface area contributed by atoms with Crippen molar-refractivity contribution in [3.05, 3.63) is 53.4 Å². The minimum Gasteiger partial charge on any atom is -0.390 e. The molecule has 2 aromatic heterocycles. The maximum atomic E-state index is 11.3. The SMILES string of the molecule is C[C@]1(O)C[C@H](n2ccc3c(NCc4ccc(Cl)cc4)ncnc32)C[C@H]1CNS(N)(=O)=O. The van der Waals surface area contributed by atoms with Gasteiger partial charge in [-0.15, -0.1) is 0 Å². The maximum Gasteiger partial charge on any atom is 0.274 e. The molecule has 0 saturated heterocycles. The summed E-state index contributed by atoms with van der Waals surface area (Å²) in [5.41, 5.74) is 0.809. The van der Waals surface area contributed by atoms with Crippen molar-refractivity contribution in [3.8, 4) is 0 Å². The molecular weight excluding hydrogens is 440 g/mol. The van der Waals surface area contributed by atoms with Gasteiger partial charge in [0.25, 0.3) is 10.2 Å². The summed E-state index contributed by atoms with van der Waals surface area (Å²) in [7, 11) is -3.81. The topological polar surface area (TPSA) is 135 Å². The lowest BCUT2D eigenvalue weighted by molar-refractivity contribution is 0.0218. The number of fused-ring (bicyclic) bond motifs is 1. The van der Waals surface area contributed by atoms with Crippen LogP contribution >= 0.6 is 11.6 Å². The fourth-order valence-corrected chi connectivity index (χ4v) is 4.80. The lowest BCUT2D eigenvalue weighted by atomic mass is 9.93. The number of nitrogens with zero attached hydrogens (tertiary/aromatic N) is 3. The van der Waals surface area contributed by atoms with Gasteiger partial charge in [0.1, 0.15) is 17.8 Å². The molecule has 0 spiro atoms. The van der Waals surface area contributed by atoms with E-state index >= 15 is 0 Å². The van der Waals surface area contributed by atoms with Gasteiger partial charge in [-0.05, 0) is 43.5 Å². The molecule has 1 saturated carbocycles. The summed E-state index contributed by atoms with van der Waals surface area (Å²) >= 11 is 5.94. The van der Waals surface area contributed by atoms with Gasteiger partial charge in [-0.3, -0.25) is 0 Å². The summed E-state index contributed by atoms with van der Waals surface area (Å²) in [6.07, 6.45) is 4.52. The first kappa shape index (κ1) is 22.0. The Morgan fingerprint density at radius 3 is 2.74 bits per heavy atom. The molecule has 2 heterocycles. The summed E-state index contributed by atoms with van der Waals surface area (Å²) in [5.74, 6) is 0.452. The molecule has 5 N–H and O–H groups in total. The molecule has 3 atom stereocenters. The quantitative estimate of drug-likeness (QED) is 0.423. The fraction of sp³-hybridized carbons (Fsp3) is 0.400. The number of aliphatic hydroxyl groups is 1. The first-order valence-electron chi connectivity index (χ1n) is 9.92. The Labute approximate surface area is 185 Å². The van der Waals surface area contributed by atoms with Crippen LogP contribution in [0.3, 0.4) is 0 Å². The van der Waals surface area contributed by atoms with Crippen molar-refractivity contribution in [2.75, 3.05) is 11.9 Å². The molecule has 0 amide bonds. The van der Waals surface area contributed by atoms with Gasteiger partial charge in [0.2, 0.25) is 0 Å². The van der Waals surface area contributed by atoms with Gasteiger partial charge in [-0.2, -0.15) is 8.42 Å². The molecule has 11 heteroatoms. The largest absolute Gasteiger partial charge is 0.390 e. The zero-order valence-electron chi connectivity index (χ0n) is 17.0. The van der Waals surface area contributed by atoms with Crippen LogP contribution in [0.5, 0.6) is 0 Å². The zero-order chi connectivity index (χ0) is 22.2. The number of halogens is 1. The summed E-state index contributed by atoms with van der Waals surface area (Å²) in [6, 6.07) is 9.52. The van der Waals surface area contributed by atoms with E-state index in [9.17, 15) is 13.5 Å². The van der Waals surface area contributed by atoms with E-state index in [1.54, 1.807) is 6.92 Å². The first-order valence-corrected chi connectivity index (χ1v) is 11.8. The van der Waals surface area contributed by atoms with Crippen molar-refractivity contribution in [2.45, 2.75) is 38.0 Å². The predicted molar refractivity (Wildman–Crippen MR) is 120 cm³/mol. The Morgan fingerprint density at radius 1 is 1.29 bits per heavy atom. The summed E-state index contributed by atoms with van der Waals surface area (Å²) in [6.45, 7) is 2.40. The Balaban J connectivity index is 1.53. The van der Waals surface area contributed by atoms with Crippen LogP contribution in [0, 0.1) is 5.92 Å². The zero-order valence-corrected chi connectivity index (χ0v) is 18.6. The van der Waals surface area contributed by atoms with E-state index in [4.69, 9.17) is 16.7 Å². The molecule has 0 aliphatic heterocycles. The van der Waals surface area contributed by atoms with E-state index < -0.39 is 15.8 Å². The molecule has 1 aromatic carbocycles. The number of hydrogen-bond acceptors (Lipinski definition) is 6. The van der Waals surface area contributed by atoms with Crippen molar-refractivity contribution in [1.29, 1.82) is 0 Å². The van der Waals surface area contributed by atoms with E-state index in [1.807, 2.05) is 41.1 Å². The molecule has 9 nitrogen and oxygen atoms in total. The number of benzene rings is 1. The van der Waals surface area contributed by atoms with Crippen LogP contribution in [0.15, 0.2) is 42.9 Å². The van der Waals surface area contributed by atoms with Gasteiger partial charge in [0.05, 0.1) is 11.0 Å². The average Bonchev–Trinajstić information content (AvgIpc) is 3.26. The number of nitrogens with two attached hydrogens (primary N) is 1. The molecule has 1 aliphatic rings. The average molecular weight is 465 g/mol. The highest BCUT2D eigenvalue weighted by Crippen LogP contribution is 2.43. The van der Waals surface area contributed by atoms with Gasteiger partial charge in [-0.25, -0.2) is 19.8 Å². The standard InChI is InChI=1S/C20H25ClN6O3S/c1-20(28)9-16(8-14(20)11-26-31(22,29)30)27-7-6-17-18(24-12-25-19(17)27)23-10-13-2-4-15(21)5-3-13/h2-7,12,14,16,26,28H,8-11H2,1H3,(H2,22,29,30)(H,23,24,25)/t14-,16+,20-/m0/s1. The minimum atomic E-state index is -3.81. The molecule has 1 fully saturated rings. The monoisotopic (exact) mass is 464 g/mol. The van der Waals surface area contributed by atoms with Crippen LogP contribution < -0.4 is 15.2 Å². The van der Waals surface area contributed by atoms with Crippen LogP contribution in [0.1, 0.15) is 31.4 Å². The van der Waals surface area contributed by atoms with Crippen LogP contribution in [-0.4, -0.2) is 40.2 Å². The van der Waals surface area contributed by atoms with Crippen LogP contribution in [0.25, 0.3) is 11.0 Å². The van der Waals surface area contributed by atoms with Gasteiger partial charge in [0, 0.05) is 36.3 Å².